The molecule has 200 valence electrons. The van der Waals surface area contributed by atoms with Gasteiger partial charge in [0.25, 0.3) is 0 Å². The van der Waals surface area contributed by atoms with Crippen LogP contribution in [0, 0.1) is 0 Å². The van der Waals surface area contributed by atoms with E-state index in [0.29, 0.717) is 6.42 Å². The van der Waals surface area contributed by atoms with E-state index in [1.807, 2.05) is 0 Å². The Balaban J connectivity index is 5.24. The van der Waals surface area contributed by atoms with E-state index in [2.05, 4.69) is 20.9 Å². The van der Waals surface area contributed by atoms with Gasteiger partial charge in [0.15, 0.2) is 5.96 Å². The van der Waals surface area contributed by atoms with Gasteiger partial charge in [0.1, 0.15) is 18.1 Å². The molecule has 0 aromatic carbocycles. The molecule has 16 heteroatoms. The lowest BCUT2D eigenvalue weighted by atomic mass is 10.1. The van der Waals surface area contributed by atoms with Crippen LogP contribution in [0.5, 0.6) is 0 Å². The van der Waals surface area contributed by atoms with Crippen molar-refractivity contribution in [3.05, 3.63) is 0 Å². The number of nitrogens with two attached hydrogens (primary N) is 4. The molecule has 0 aliphatic heterocycles. The molecule has 0 fully saturated rings. The number of carboxylic acids is 1. The van der Waals surface area contributed by atoms with Crippen LogP contribution in [0.3, 0.4) is 0 Å². The minimum Gasteiger partial charge on any atom is -0.480 e. The van der Waals surface area contributed by atoms with Gasteiger partial charge < -0.3 is 54.2 Å². The molecule has 16 nitrogen and oxygen atoms in total. The van der Waals surface area contributed by atoms with Crippen molar-refractivity contribution in [3.63, 3.8) is 0 Å². The highest BCUT2D eigenvalue weighted by atomic mass is 16.4. The summed E-state index contributed by atoms with van der Waals surface area (Å²) < 4.78 is 0. The van der Waals surface area contributed by atoms with Crippen molar-refractivity contribution in [2.45, 2.75) is 75.9 Å². The van der Waals surface area contributed by atoms with Gasteiger partial charge in [0.2, 0.25) is 23.6 Å². The lowest BCUT2D eigenvalue weighted by Gasteiger charge is -2.27. The fourth-order valence-corrected chi connectivity index (χ4v) is 2.77. The highest BCUT2D eigenvalue weighted by molar-refractivity contribution is 5.94. The minimum atomic E-state index is -1.65. The largest absolute Gasteiger partial charge is 0.480 e. The summed E-state index contributed by atoms with van der Waals surface area (Å²) in [6.07, 6.45) is -3.03. The second-order valence-corrected chi connectivity index (χ2v) is 7.91. The number of carbonyl (C=O) groups is 5. The number of carboxylic acid groups (broad SMARTS) is 1. The van der Waals surface area contributed by atoms with Crippen molar-refractivity contribution >= 4 is 35.6 Å². The summed E-state index contributed by atoms with van der Waals surface area (Å²) in [5.41, 5.74) is 21.2. The average molecular weight is 505 g/mol. The van der Waals surface area contributed by atoms with E-state index in [9.17, 15) is 39.3 Å². The van der Waals surface area contributed by atoms with Crippen molar-refractivity contribution in [2.75, 3.05) is 6.54 Å². The number of guanidine groups is 1. The van der Waals surface area contributed by atoms with Crippen molar-refractivity contribution in [3.8, 4) is 0 Å². The molecule has 0 aromatic heterocycles. The third-order valence-electron chi connectivity index (χ3n) is 4.72. The molecule has 6 unspecified atom stereocenters. The lowest BCUT2D eigenvalue weighted by molar-refractivity contribution is -0.143. The predicted molar refractivity (Wildman–Crippen MR) is 123 cm³/mol. The van der Waals surface area contributed by atoms with E-state index >= 15 is 0 Å². The molecular weight excluding hydrogens is 468 g/mol. The molecule has 0 heterocycles. The summed E-state index contributed by atoms with van der Waals surface area (Å²) in [5, 5.41) is 35.7. The van der Waals surface area contributed by atoms with Crippen molar-refractivity contribution < 1.29 is 39.3 Å². The Morgan fingerprint density at radius 2 is 1.31 bits per heavy atom. The highest BCUT2D eigenvalue weighted by Crippen LogP contribution is 2.04. The topological polar surface area (TPSA) is 299 Å². The maximum atomic E-state index is 12.7. The molecule has 35 heavy (non-hydrogen) atoms. The maximum absolute atomic E-state index is 12.7. The van der Waals surface area contributed by atoms with Crippen LogP contribution < -0.4 is 38.9 Å². The van der Waals surface area contributed by atoms with E-state index in [-0.39, 0.29) is 31.8 Å². The van der Waals surface area contributed by atoms with Crippen LogP contribution in [0.2, 0.25) is 0 Å². The molecule has 6 atom stereocenters. The van der Waals surface area contributed by atoms with Gasteiger partial charge in [-0.15, -0.1) is 0 Å². The number of aliphatic carboxylic acids is 1. The Morgan fingerprint density at radius 3 is 1.74 bits per heavy atom. The third kappa shape index (κ3) is 12.5. The molecule has 0 radical (unpaired) electrons. The SMILES string of the molecule is CC(O)C(NC(=O)C(N)CCCN=C(N)N)C(=O)NC(C(=O)NC(CCC(N)=O)C(=O)O)C(C)O. The number of amides is 4. The fraction of sp³-hybridized carbons (Fsp3) is 0.684. The molecule has 0 saturated carbocycles. The summed E-state index contributed by atoms with van der Waals surface area (Å²) in [6.45, 7) is 2.59. The maximum Gasteiger partial charge on any atom is 0.326 e. The molecule has 0 bridgehead atoms. The first-order chi connectivity index (χ1) is 16.2. The third-order valence-corrected chi connectivity index (χ3v) is 4.72. The summed E-state index contributed by atoms with van der Waals surface area (Å²) in [7, 11) is 0. The first kappa shape index (κ1) is 31.5. The van der Waals surface area contributed by atoms with Crippen LogP contribution in [0.25, 0.3) is 0 Å². The van der Waals surface area contributed by atoms with Crippen molar-refractivity contribution in [1.82, 2.24) is 16.0 Å². The molecule has 0 rings (SSSR count). The van der Waals surface area contributed by atoms with E-state index < -0.39 is 66.0 Å². The number of nitrogens with zero attached hydrogens (tertiary/aromatic N) is 1. The van der Waals surface area contributed by atoms with Crippen LogP contribution in [0.1, 0.15) is 39.5 Å². The van der Waals surface area contributed by atoms with Crippen molar-refractivity contribution in [2.24, 2.45) is 27.9 Å². The number of primary amides is 1. The zero-order valence-corrected chi connectivity index (χ0v) is 19.6. The molecular formula is C19H36N8O8. The Labute approximate surface area is 201 Å². The smallest absolute Gasteiger partial charge is 0.326 e. The number of hydrogen-bond donors (Lipinski definition) is 10. The van der Waals surface area contributed by atoms with Gasteiger partial charge >= 0.3 is 5.97 Å². The van der Waals surface area contributed by atoms with Gasteiger partial charge in [-0.3, -0.25) is 24.2 Å². The quantitative estimate of drug-likeness (QED) is 0.0538. The van der Waals surface area contributed by atoms with Gasteiger partial charge in [-0.1, -0.05) is 0 Å². The number of aliphatic imine (C=N–C) groups is 1. The molecule has 14 N–H and O–H groups in total. The average Bonchev–Trinajstić information content (AvgIpc) is 2.74. The predicted octanol–water partition coefficient (Wildman–Crippen LogP) is -5.07. The number of hydrogen-bond acceptors (Lipinski definition) is 9. The van der Waals surface area contributed by atoms with Crippen LogP contribution in [-0.4, -0.2) is 93.8 Å². The zero-order chi connectivity index (χ0) is 27.3. The standard InChI is InChI=1S/C19H36N8O8/c1-8(28)13(16(32)25-11(18(34)35)5-6-12(21)30)27-17(33)14(9(2)29)26-15(31)10(20)4-3-7-24-19(22)23/h8-11,13-14,28-29H,3-7,20H2,1-2H3,(H2,21,30)(H,25,32)(H,26,31)(H,27,33)(H,34,35)(H4,22,23,24). The summed E-state index contributed by atoms with van der Waals surface area (Å²) in [5.74, 6) is -5.24. The molecule has 0 spiro atoms. The normalized spacial score (nSPS) is 15.9. The molecule has 0 aromatic rings. The van der Waals surface area contributed by atoms with Gasteiger partial charge in [-0.25, -0.2) is 4.79 Å². The monoisotopic (exact) mass is 504 g/mol. The Kier molecular flexibility index (Phi) is 13.9. The van der Waals surface area contributed by atoms with Gasteiger partial charge in [-0.05, 0) is 33.1 Å². The molecule has 0 aliphatic carbocycles. The first-order valence-electron chi connectivity index (χ1n) is 10.8. The van der Waals surface area contributed by atoms with Gasteiger partial charge in [-0.2, -0.15) is 0 Å². The Morgan fingerprint density at radius 1 is 0.829 bits per heavy atom. The summed E-state index contributed by atoms with van der Waals surface area (Å²) in [6, 6.07) is -5.78. The van der Waals surface area contributed by atoms with Crippen molar-refractivity contribution in [1.29, 1.82) is 0 Å². The van der Waals surface area contributed by atoms with Crippen LogP contribution in [-0.2, 0) is 24.0 Å². The highest BCUT2D eigenvalue weighted by Gasteiger charge is 2.34. The first-order valence-corrected chi connectivity index (χ1v) is 10.8. The van der Waals surface area contributed by atoms with Gasteiger partial charge in [0.05, 0.1) is 18.2 Å². The van der Waals surface area contributed by atoms with Crippen LogP contribution in [0.4, 0.5) is 0 Å². The number of nitrogens with one attached hydrogen (secondary N) is 3. The van der Waals surface area contributed by atoms with Crippen LogP contribution in [0.15, 0.2) is 4.99 Å². The zero-order valence-electron chi connectivity index (χ0n) is 19.6. The van der Waals surface area contributed by atoms with E-state index in [1.165, 1.54) is 6.92 Å². The van der Waals surface area contributed by atoms with Crippen LogP contribution >= 0.6 is 0 Å². The lowest BCUT2D eigenvalue weighted by Crippen LogP contribution is -2.61. The van der Waals surface area contributed by atoms with Gasteiger partial charge in [0, 0.05) is 13.0 Å². The van der Waals surface area contributed by atoms with E-state index in [0.717, 1.165) is 6.92 Å². The number of carbonyl (C=O) groups excluding carboxylic acids is 4. The van der Waals surface area contributed by atoms with E-state index in [4.69, 9.17) is 22.9 Å². The fourth-order valence-electron chi connectivity index (χ4n) is 2.77. The number of aliphatic hydroxyl groups excluding tert-OH is 2. The Hall–Kier alpha value is -3.50. The number of aliphatic hydroxyl groups is 2. The molecule has 4 amide bonds. The van der Waals surface area contributed by atoms with E-state index in [1.54, 1.807) is 0 Å². The second-order valence-electron chi connectivity index (χ2n) is 7.91. The molecule has 0 saturated heterocycles. The second kappa shape index (κ2) is 15.4. The summed E-state index contributed by atoms with van der Waals surface area (Å²) >= 11 is 0. The molecule has 0 aliphatic rings. The minimum absolute atomic E-state index is 0.117. The summed E-state index contributed by atoms with van der Waals surface area (Å²) in [4.78, 5) is 63.6. The number of rotatable bonds is 16. The Bertz CT molecular complexity index is 785.